The van der Waals surface area contributed by atoms with E-state index in [9.17, 15) is 9.18 Å². The normalized spacial score (nSPS) is 13.9. The molecule has 1 fully saturated rings. The number of ketones is 1. The van der Waals surface area contributed by atoms with Crippen molar-refractivity contribution in [2.75, 3.05) is 18.0 Å². The molecule has 31 heavy (non-hydrogen) atoms. The van der Waals surface area contributed by atoms with E-state index in [0.717, 1.165) is 35.6 Å². The van der Waals surface area contributed by atoms with Crippen molar-refractivity contribution < 1.29 is 9.18 Å². The number of hydrogen-bond donors (Lipinski definition) is 1. The SMILES string of the molecule is NC1CN(c2cncc(-c3ccc4cnc(CC(=O)c5ccc(F)cc5)nc4c3)n2)C1. The molecule has 0 spiro atoms. The van der Waals surface area contributed by atoms with Crippen LogP contribution in [0.4, 0.5) is 10.2 Å². The highest BCUT2D eigenvalue weighted by atomic mass is 19.1. The maximum Gasteiger partial charge on any atom is 0.170 e. The van der Waals surface area contributed by atoms with Crippen LogP contribution >= 0.6 is 0 Å². The number of hydrogen-bond acceptors (Lipinski definition) is 7. The molecule has 0 radical (unpaired) electrons. The second-order valence-electron chi connectivity index (χ2n) is 7.59. The van der Waals surface area contributed by atoms with Crippen LogP contribution in [0.3, 0.4) is 0 Å². The summed E-state index contributed by atoms with van der Waals surface area (Å²) in [5.41, 5.74) is 8.62. The Hall–Kier alpha value is -3.78. The van der Waals surface area contributed by atoms with Gasteiger partial charge in [0.25, 0.3) is 0 Å². The molecular weight excluding hydrogens is 395 g/mol. The van der Waals surface area contributed by atoms with Crippen molar-refractivity contribution in [1.29, 1.82) is 0 Å². The number of aromatic nitrogens is 4. The van der Waals surface area contributed by atoms with E-state index < -0.39 is 0 Å². The van der Waals surface area contributed by atoms with Crippen molar-refractivity contribution >= 4 is 22.5 Å². The van der Waals surface area contributed by atoms with Gasteiger partial charge in [-0.2, -0.15) is 0 Å². The van der Waals surface area contributed by atoms with Crippen molar-refractivity contribution in [3.8, 4) is 11.3 Å². The van der Waals surface area contributed by atoms with Gasteiger partial charge in [-0.15, -0.1) is 0 Å². The minimum atomic E-state index is -0.379. The topological polar surface area (TPSA) is 97.9 Å². The fourth-order valence-electron chi connectivity index (χ4n) is 3.53. The van der Waals surface area contributed by atoms with Gasteiger partial charge in [-0.25, -0.2) is 19.3 Å². The maximum absolute atomic E-state index is 13.1. The summed E-state index contributed by atoms with van der Waals surface area (Å²) in [4.78, 5) is 32.4. The fraction of sp³-hybridized carbons (Fsp3) is 0.174. The molecule has 154 valence electrons. The van der Waals surface area contributed by atoms with Crippen molar-refractivity contribution in [2.45, 2.75) is 12.5 Å². The highest BCUT2D eigenvalue weighted by Crippen LogP contribution is 2.24. The number of Topliss-reactive ketones (excluding diaryl/α,β-unsaturated/α-hetero) is 1. The van der Waals surface area contributed by atoms with Gasteiger partial charge in [0.1, 0.15) is 17.5 Å². The Labute approximate surface area is 177 Å². The summed E-state index contributed by atoms with van der Waals surface area (Å²) in [5, 5.41) is 0.861. The zero-order valence-corrected chi connectivity index (χ0v) is 16.6. The van der Waals surface area contributed by atoms with Crippen LogP contribution in [0.25, 0.3) is 22.2 Å². The summed E-state index contributed by atoms with van der Waals surface area (Å²) < 4.78 is 13.1. The van der Waals surface area contributed by atoms with Crippen LogP contribution in [0.5, 0.6) is 0 Å². The first kappa shape index (κ1) is 19.2. The third-order valence-electron chi connectivity index (χ3n) is 5.27. The molecule has 0 aliphatic carbocycles. The fourth-order valence-corrected chi connectivity index (χ4v) is 3.53. The number of fused-ring (bicyclic) bond motifs is 1. The number of carbonyl (C=O) groups is 1. The lowest BCUT2D eigenvalue weighted by atomic mass is 10.1. The molecule has 4 aromatic rings. The molecule has 8 heteroatoms. The van der Waals surface area contributed by atoms with Crippen LogP contribution in [0.15, 0.2) is 61.1 Å². The molecule has 0 unspecified atom stereocenters. The van der Waals surface area contributed by atoms with Gasteiger partial charge in [0.2, 0.25) is 0 Å². The van der Waals surface area contributed by atoms with E-state index in [0.29, 0.717) is 16.9 Å². The highest BCUT2D eigenvalue weighted by molar-refractivity contribution is 5.97. The Morgan fingerprint density at radius 3 is 2.65 bits per heavy atom. The van der Waals surface area contributed by atoms with Crippen molar-refractivity contribution in [2.24, 2.45) is 5.73 Å². The Kier molecular flexibility index (Phi) is 4.83. The first-order chi connectivity index (χ1) is 15.0. The molecule has 2 aromatic carbocycles. The lowest BCUT2D eigenvalue weighted by Crippen LogP contribution is -2.56. The average Bonchev–Trinajstić information content (AvgIpc) is 2.77. The predicted octanol–water partition coefficient (Wildman–Crippen LogP) is 2.80. The van der Waals surface area contributed by atoms with Crippen LogP contribution in [0, 0.1) is 5.82 Å². The zero-order valence-electron chi connectivity index (χ0n) is 16.6. The third kappa shape index (κ3) is 3.97. The van der Waals surface area contributed by atoms with Crippen molar-refractivity contribution in [3.63, 3.8) is 0 Å². The van der Waals surface area contributed by atoms with Gasteiger partial charge in [-0.05, 0) is 30.3 Å². The molecule has 1 aliphatic heterocycles. The Morgan fingerprint density at radius 1 is 1.06 bits per heavy atom. The smallest absolute Gasteiger partial charge is 0.170 e. The zero-order chi connectivity index (χ0) is 21.4. The second-order valence-corrected chi connectivity index (χ2v) is 7.59. The van der Waals surface area contributed by atoms with Gasteiger partial charge in [-0.1, -0.05) is 12.1 Å². The van der Waals surface area contributed by atoms with E-state index in [1.165, 1.54) is 24.3 Å². The van der Waals surface area contributed by atoms with Gasteiger partial charge in [0.15, 0.2) is 5.78 Å². The minimum absolute atomic E-state index is 0.0380. The molecule has 2 N–H and O–H groups in total. The molecule has 3 heterocycles. The van der Waals surface area contributed by atoms with Gasteiger partial charge < -0.3 is 10.6 Å². The molecule has 0 atom stereocenters. The molecule has 5 rings (SSSR count). The standard InChI is InChI=1S/C23H19FN6O/c24-17-5-3-14(4-6-17)21(31)8-22-27-9-16-2-1-15(7-19(16)28-22)20-10-26-11-23(29-20)30-12-18(25)13-30/h1-7,9-11,18H,8,12-13,25H2. The Bertz CT molecular complexity index is 1270. The molecule has 2 aromatic heterocycles. The lowest BCUT2D eigenvalue weighted by Gasteiger charge is -2.37. The first-order valence-corrected chi connectivity index (χ1v) is 9.92. The van der Waals surface area contributed by atoms with Gasteiger partial charge >= 0.3 is 0 Å². The molecule has 0 saturated carbocycles. The minimum Gasteiger partial charge on any atom is -0.352 e. The maximum atomic E-state index is 13.1. The number of halogens is 1. The van der Waals surface area contributed by atoms with Gasteiger partial charge in [0.05, 0.1) is 30.0 Å². The summed E-state index contributed by atoms with van der Waals surface area (Å²) in [6.45, 7) is 1.54. The largest absolute Gasteiger partial charge is 0.352 e. The van der Waals surface area contributed by atoms with E-state index >= 15 is 0 Å². The number of benzene rings is 2. The van der Waals surface area contributed by atoms with E-state index in [4.69, 9.17) is 10.7 Å². The predicted molar refractivity (Wildman–Crippen MR) is 115 cm³/mol. The molecule has 0 bridgehead atoms. The van der Waals surface area contributed by atoms with E-state index in [2.05, 4.69) is 19.9 Å². The van der Waals surface area contributed by atoms with Gasteiger partial charge in [-0.3, -0.25) is 9.78 Å². The summed E-state index contributed by atoms with van der Waals surface area (Å²) >= 11 is 0. The third-order valence-corrected chi connectivity index (χ3v) is 5.27. The van der Waals surface area contributed by atoms with Crippen molar-refractivity contribution in [3.05, 3.63) is 78.3 Å². The van der Waals surface area contributed by atoms with Crippen LogP contribution in [0.2, 0.25) is 0 Å². The number of rotatable bonds is 5. The number of anilines is 1. The highest BCUT2D eigenvalue weighted by Gasteiger charge is 2.24. The molecule has 1 saturated heterocycles. The van der Waals surface area contributed by atoms with Crippen LogP contribution in [-0.2, 0) is 6.42 Å². The van der Waals surface area contributed by atoms with Crippen molar-refractivity contribution in [1.82, 2.24) is 19.9 Å². The van der Waals surface area contributed by atoms with Crippen LogP contribution < -0.4 is 10.6 Å². The summed E-state index contributed by atoms with van der Waals surface area (Å²) in [6, 6.07) is 11.4. The number of nitrogens with zero attached hydrogens (tertiary/aromatic N) is 5. The summed E-state index contributed by atoms with van der Waals surface area (Å²) in [5.74, 6) is 0.665. The Morgan fingerprint density at radius 2 is 1.87 bits per heavy atom. The van der Waals surface area contributed by atoms with E-state index in [1.54, 1.807) is 18.6 Å². The summed E-state index contributed by atoms with van der Waals surface area (Å²) in [7, 11) is 0. The molecule has 7 nitrogen and oxygen atoms in total. The molecule has 0 amide bonds. The number of nitrogens with two attached hydrogens (primary N) is 1. The molecule has 1 aliphatic rings. The van der Waals surface area contributed by atoms with E-state index in [1.807, 2.05) is 18.2 Å². The lowest BCUT2D eigenvalue weighted by molar-refractivity contribution is 0.0991. The van der Waals surface area contributed by atoms with Gasteiger partial charge in [0, 0.05) is 41.8 Å². The van der Waals surface area contributed by atoms with E-state index in [-0.39, 0.29) is 24.1 Å². The quantitative estimate of drug-likeness (QED) is 0.502. The molecular formula is C23H19FN6O. The first-order valence-electron chi connectivity index (χ1n) is 9.92. The Balaban J connectivity index is 1.41. The second kappa shape index (κ2) is 7.81. The summed E-state index contributed by atoms with van der Waals surface area (Å²) in [6.07, 6.45) is 5.18. The average molecular weight is 414 g/mol. The van der Waals surface area contributed by atoms with Crippen LogP contribution in [0.1, 0.15) is 16.2 Å². The number of carbonyl (C=O) groups excluding carboxylic acids is 1. The monoisotopic (exact) mass is 414 g/mol. The van der Waals surface area contributed by atoms with Crippen LogP contribution in [-0.4, -0.2) is 44.9 Å².